The van der Waals surface area contributed by atoms with Crippen molar-refractivity contribution in [2.24, 2.45) is 4.99 Å². The van der Waals surface area contributed by atoms with E-state index in [9.17, 15) is 0 Å². The highest BCUT2D eigenvalue weighted by Gasteiger charge is 2.14. The lowest BCUT2D eigenvalue weighted by Crippen LogP contribution is -2.53. The van der Waals surface area contributed by atoms with E-state index in [0.717, 1.165) is 32.0 Å². The minimum Gasteiger partial charge on any atom is -0.356 e. The van der Waals surface area contributed by atoms with Gasteiger partial charge in [0.1, 0.15) is 0 Å². The first-order valence-corrected chi connectivity index (χ1v) is 5.04. The Morgan fingerprint density at radius 1 is 1.62 bits per heavy atom. The van der Waals surface area contributed by atoms with Gasteiger partial charge in [0.15, 0.2) is 5.96 Å². The van der Waals surface area contributed by atoms with E-state index in [1.54, 1.807) is 7.05 Å². The molecule has 1 saturated heterocycles. The van der Waals surface area contributed by atoms with Gasteiger partial charge in [-0.3, -0.25) is 4.99 Å². The van der Waals surface area contributed by atoms with Crippen LogP contribution in [-0.2, 0) is 0 Å². The smallest absolute Gasteiger partial charge is 0.191 e. The van der Waals surface area contributed by atoms with Crippen molar-refractivity contribution in [2.45, 2.75) is 25.8 Å². The number of rotatable bonds is 4. The maximum atomic E-state index is 4.09. The lowest BCUT2D eigenvalue weighted by molar-refractivity contribution is 0.471. The third-order valence-corrected chi connectivity index (χ3v) is 2.17. The van der Waals surface area contributed by atoms with Crippen LogP contribution in [0, 0.1) is 0 Å². The maximum Gasteiger partial charge on any atom is 0.191 e. The highest BCUT2D eigenvalue weighted by Crippen LogP contribution is 1.94. The number of hydrogen-bond donors (Lipinski definition) is 3. The number of aliphatic imine (C=N–C) groups is 1. The summed E-state index contributed by atoms with van der Waals surface area (Å²) in [6.45, 7) is 5.35. The molecule has 3 N–H and O–H groups in total. The van der Waals surface area contributed by atoms with Gasteiger partial charge in [0.05, 0.1) is 0 Å². The molecule has 1 rings (SSSR count). The molecule has 4 heteroatoms. The van der Waals surface area contributed by atoms with Crippen molar-refractivity contribution >= 4 is 5.96 Å². The van der Waals surface area contributed by atoms with Crippen LogP contribution in [-0.4, -0.2) is 38.7 Å². The highest BCUT2D eigenvalue weighted by molar-refractivity contribution is 5.80. The third kappa shape index (κ3) is 3.63. The van der Waals surface area contributed by atoms with Crippen LogP contribution >= 0.6 is 0 Å². The fourth-order valence-corrected chi connectivity index (χ4v) is 1.43. The van der Waals surface area contributed by atoms with Crippen molar-refractivity contribution in [3.63, 3.8) is 0 Å². The molecule has 0 bridgehead atoms. The second kappa shape index (κ2) is 5.80. The Balaban J connectivity index is 2.18. The first-order chi connectivity index (χ1) is 6.36. The number of guanidine groups is 1. The molecule has 0 aliphatic carbocycles. The van der Waals surface area contributed by atoms with Crippen LogP contribution in [0.4, 0.5) is 0 Å². The molecule has 0 aromatic rings. The number of nitrogens with zero attached hydrogens (tertiary/aromatic N) is 1. The predicted octanol–water partition coefficient (Wildman–Crippen LogP) is -0.0767. The van der Waals surface area contributed by atoms with Crippen molar-refractivity contribution in [3.8, 4) is 0 Å². The van der Waals surface area contributed by atoms with E-state index >= 15 is 0 Å². The van der Waals surface area contributed by atoms with Crippen LogP contribution in [0.15, 0.2) is 4.99 Å². The Morgan fingerprint density at radius 3 is 3.15 bits per heavy atom. The summed E-state index contributed by atoms with van der Waals surface area (Å²) in [7, 11) is 1.80. The Hall–Kier alpha value is -0.770. The second-order valence-electron chi connectivity index (χ2n) is 3.33. The van der Waals surface area contributed by atoms with Crippen molar-refractivity contribution < 1.29 is 0 Å². The number of hydrogen-bond acceptors (Lipinski definition) is 2. The first-order valence-electron chi connectivity index (χ1n) is 5.04. The molecule has 0 spiro atoms. The summed E-state index contributed by atoms with van der Waals surface area (Å²) in [5.74, 6) is 0.926. The molecule has 0 aromatic heterocycles. The van der Waals surface area contributed by atoms with E-state index in [1.165, 1.54) is 6.42 Å². The molecule has 76 valence electrons. The molecule has 1 atom stereocenters. The molecule has 13 heavy (non-hydrogen) atoms. The molecule has 1 heterocycles. The van der Waals surface area contributed by atoms with Gasteiger partial charge in [-0.1, -0.05) is 6.92 Å². The fraction of sp³-hybridized carbons (Fsp3) is 0.889. The average molecular weight is 184 g/mol. The Morgan fingerprint density at radius 2 is 2.46 bits per heavy atom. The lowest BCUT2D eigenvalue weighted by atomic mass is 10.2. The quantitative estimate of drug-likeness (QED) is 0.536. The summed E-state index contributed by atoms with van der Waals surface area (Å²) in [6, 6.07) is 0.534. The van der Waals surface area contributed by atoms with Crippen molar-refractivity contribution in [1.29, 1.82) is 0 Å². The number of nitrogens with one attached hydrogen (secondary N) is 3. The molecular formula is C9H20N4. The topological polar surface area (TPSA) is 48.5 Å². The minimum atomic E-state index is 0.534. The molecule has 1 aliphatic rings. The van der Waals surface area contributed by atoms with Crippen LogP contribution in [0.1, 0.15) is 19.8 Å². The molecule has 0 amide bonds. The third-order valence-electron chi connectivity index (χ3n) is 2.17. The largest absolute Gasteiger partial charge is 0.356 e. The van der Waals surface area contributed by atoms with Crippen LogP contribution in [0.3, 0.4) is 0 Å². The van der Waals surface area contributed by atoms with E-state index in [4.69, 9.17) is 0 Å². The molecule has 1 aliphatic heterocycles. The van der Waals surface area contributed by atoms with E-state index in [0.29, 0.717) is 6.04 Å². The van der Waals surface area contributed by atoms with E-state index in [2.05, 4.69) is 27.9 Å². The van der Waals surface area contributed by atoms with Gasteiger partial charge < -0.3 is 16.0 Å². The fourth-order valence-electron chi connectivity index (χ4n) is 1.43. The van der Waals surface area contributed by atoms with Gasteiger partial charge in [0.25, 0.3) is 0 Å². The zero-order valence-corrected chi connectivity index (χ0v) is 8.56. The average Bonchev–Trinajstić information content (AvgIpc) is 2.19. The van der Waals surface area contributed by atoms with Gasteiger partial charge in [0.2, 0.25) is 0 Å². The Bertz CT molecular complexity index is 167. The standard InChI is InChI=1S/C9H20N4/c1-3-5-11-7-8-4-6-12-9(10-2)13-8/h8,11H,3-7H2,1-2H3,(H2,10,12,13). The van der Waals surface area contributed by atoms with Gasteiger partial charge in [-0.2, -0.15) is 0 Å². The predicted molar refractivity (Wildman–Crippen MR) is 56.1 cm³/mol. The van der Waals surface area contributed by atoms with Crippen molar-refractivity contribution in [1.82, 2.24) is 16.0 Å². The molecule has 1 fully saturated rings. The molecule has 0 aromatic carbocycles. The van der Waals surface area contributed by atoms with Crippen LogP contribution in [0.2, 0.25) is 0 Å². The summed E-state index contributed by atoms with van der Waals surface area (Å²) < 4.78 is 0. The van der Waals surface area contributed by atoms with Gasteiger partial charge in [-0.15, -0.1) is 0 Å². The van der Waals surface area contributed by atoms with E-state index < -0.39 is 0 Å². The van der Waals surface area contributed by atoms with E-state index in [1.807, 2.05) is 0 Å². The SMILES string of the molecule is CCCNCC1CCNC(=NC)N1. The first kappa shape index (κ1) is 10.3. The molecule has 0 saturated carbocycles. The Labute approximate surface area is 80.2 Å². The van der Waals surface area contributed by atoms with Crippen LogP contribution in [0.25, 0.3) is 0 Å². The van der Waals surface area contributed by atoms with Gasteiger partial charge in [0, 0.05) is 26.2 Å². The maximum absolute atomic E-state index is 4.09. The summed E-state index contributed by atoms with van der Waals surface area (Å²) in [5.41, 5.74) is 0. The minimum absolute atomic E-state index is 0.534. The molecule has 0 radical (unpaired) electrons. The summed E-state index contributed by atoms with van der Waals surface area (Å²) in [6.07, 6.45) is 2.36. The van der Waals surface area contributed by atoms with Gasteiger partial charge in [-0.05, 0) is 19.4 Å². The molecule has 4 nitrogen and oxygen atoms in total. The lowest BCUT2D eigenvalue weighted by Gasteiger charge is -2.27. The van der Waals surface area contributed by atoms with Gasteiger partial charge >= 0.3 is 0 Å². The molecular weight excluding hydrogens is 164 g/mol. The van der Waals surface area contributed by atoms with Crippen molar-refractivity contribution in [3.05, 3.63) is 0 Å². The Kier molecular flexibility index (Phi) is 4.60. The highest BCUT2D eigenvalue weighted by atomic mass is 15.2. The summed E-state index contributed by atoms with van der Waals surface area (Å²) in [5, 5.41) is 9.94. The van der Waals surface area contributed by atoms with Crippen molar-refractivity contribution in [2.75, 3.05) is 26.7 Å². The normalized spacial score (nSPS) is 25.4. The zero-order valence-electron chi connectivity index (χ0n) is 8.56. The summed E-state index contributed by atoms with van der Waals surface area (Å²) >= 11 is 0. The zero-order chi connectivity index (χ0) is 9.52. The van der Waals surface area contributed by atoms with Gasteiger partial charge in [-0.25, -0.2) is 0 Å². The van der Waals surface area contributed by atoms with E-state index in [-0.39, 0.29) is 0 Å². The van der Waals surface area contributed by atoms with Crippen LogP contribution in [0.5, 0.6) is 0 Å². The summed E-state index contributed by atoms with van der Waals surface area (Å²) in [4.78, 5) is 4.09. The van der Waals surface area contributed by atoms with Crippen LogP contribution < -0.4 is 16.0 Å². The second-order valence-corrected chi connectivity index (χ2v) is 3.33. The molecule has 1 unspecified atom stereocenters. The monoisotopic (exact) mass is 184 g/mol.